The van der Waals surface area contributed by atoms with Crippen LogP contribution >= 0.6 is 0 Å². The van der Waals surface area contributed by atoms with Gasteiger partial charge in [-0.3, -0.25) is 0 Å². The van der Waals surface area contributed by atoms with Crippen LogP contribution in [0.1, 0.15) is 59.3 Å². The molecular weight excluding hydrogens is 412 g/mol. The molecule has 0 aliphatic carbocycles. The number of benzene rings is 3. The highest BCUT2D eigenvalue weighted by molar-refractivity contribution is 5.91. The topological polar surface area (TPSA) is 85.3 Å². The number of hydrogen-bond donors (Lipinski definition) is 1. The highest BCUT2D eigenvalue weighted by atomic mass is 16.5. The van der Waals surface area contributed by atoms with Gasteiger partial charge in [-0.15, -0.1) is 0 Å². The van der Waals surface area contributed by atoms with Gasteiger partial charge in [-0.05, 0) is 41.7 Å². The van der Waals surface area contributed by atoms with E-state index in [4.69, 9.17) is 15.2 Å². The average Bonchev–Trinajstić information content (AvgIpc) is 2.78. The Balaban J connectivity index is 1.62. The molecule has 1 unspecified atom stereocenters. The van der Waals surface area contributed by atoms with Crippen molar-refractivity contribution in [2.45, 2.75) is 39.0 Å². The molecule has 1 atom stereocenters. The molecule has 0 amide bonds. The molecule has 5 nitrogen and oxygen atoms in total. The smallest absolute Gasteiger partial charge is 0.343 e. The largest absolute Gasteiger partial charge is 0.440 e. The number of carbonyl (C=O) groups is 1. The Morgan fingerprint density at radius 2 is 1.70 bits per heavy atom. The summed E-state index contributed by atoms with van der Waals surface area (Å²) in [5.74, 6) is 0.0494. The van der Waals surface area contributed by atoms with Crippen LogP contribution in [-0.2, 0) is 5.41 Å². The molecule has 0 aromatic heterocycles. The predicted octanol–water partition coefficient (Wildman–Crippen LogP) is 5.73. The number of rotatable bonds is 3. The van der Waals surface area contributed by atoms with Gasteiger partial charge in [-0.25, -0.2) is 4.79 Å². The van der Waals surface area contributed by atoms with Gasteiger partial charge in [0.2, 0.25) is 5.88 Å². The molecule has 3 aromatic carbocycles. The van der Waals surface area contributed by atoms with Gasteiger partial charge < -0.3 is 15.2 Å². The van der Waals surface area contributed by atoms with Crippen molar-refractivity contribution in [3.8, 4) is 17.6 Å². The van der Waals surface area contributed by atoms with E-state index in [0.717, 1.165) is 22.3 Å². The highest BCUT2D eigenvalue weighted by Crippen LogP contribution is 2.43. The molecule has 0 saturated heterocycles. The quantitative estimate of drug-likeness (QED) is 0.417. The number of esters is 1. The summed E-state index contributed by atoms with van der Waals surface area (Å²) in [7, 11) is 0. The number of hydrogen-bond acceptors (Lipinski definition) is 5. The number of nitrogens with zero attached hydrogens (tertiary/aromatic N) is 1. The summed E-state index contributed by atoms with van der Waals surface area (Å²) >= 11 is 0. The summed E-state index contributed by atoms with van der Waals surface area (Å²) in [6.45, 7) is 8.37. The van der Waals surface area contributed by atoms with Crippen molar-refractivity contribution in [1.82, 2.24) is 0 Å². The fraction of sp³-hybridized carbons (Fsp3) is 0.214. The molecule has 5 heteroatoms. The first-order valence-corrected chi connectivity index (χ1v) is 10.8. The van der Waals surface area contributed by atoms with Crippen LogP contribution in [0.15, 0.2) is 78.2 Å². The molecule has 0 spiro atoms. The number of fused-ring (bicyclic) bond motifs is 1. The van der Waals surface area contributed by atoms with Crippen molar-refractivity contribution in [2.24, 2.45) is 5.73 Å². The first-order valence-electron chi connectivity index (χ1n) is 10.8. The number of ether oxygens (including phenoxy) is 2. The van der Waals surface area contributed by atoms with Gasteiger partial charge in [0.25, 0.3) is 0 Å². The Labute approximate surface area is 194 Å². The third-order valence-corrected chi connectivity index (χ3v) is 5.80. The molecule has 1 aliphatic rings. The van der Waals surface area contributed by atoms with Crippen molar-refractivity contribution in [2.75, 3.05) is 0 Å². The zero-order chi connectivity index (χ0) is 23.8. The van der Waals surface area contributed by atoms with E-state index in [2.05, 4.69) is 26.8 Å². The molecule has 3 aromatic rings. The molecule has 0 fully saturated rings. The fourth-order valence-electron chi connectivity index (χ4n) is 3.87. The summed E-state index contributed by atoms with van der Waals surface area (Å²) < 4.78 is 11.3. The summed E-state index contributed by atoms with van der Waals surface area (Å²) in [4.78, 5) is 12.7. The van der Waals surface area contributed by atoms with E-state index < -0.39 is 5.97 Å². The van der Waals surface area contributed by atoms with E-state index >= 15 is 0 Å². The Morgan fingerprint density at radius 1 is 1.03 bits per heavy atom. The molecular formula is C28H26N2O3. The molecule has 1 aliphatic heterocycles. The summed E-state index contributed by atoms with van der Waals surface area (Å²) in [5.41, 5.74) is 10.9. The minimum absolute atomic E-state index is 0.00197. The van der Waals surface area contributed by atoms with Crippen molar-refractivity contribution < 1.29 is 14.3 Å². The monoisotopic (exact) mass is 438 g/mol. The first kappa shape index (κ1) is 22.2. The number of nitrogens with two attached hydrogens (primary N) is 1. The van der Waals surface area contributed by atoms with Crippen LogP contribution in [0.25, 0.3) is 0 Å². The molecule has 166 valence electrons. The Morgan fingerprint density at radius 3 is 2.30 bits per heavy atom. The molecule has 1 heterocycles. The maximum absolute atomic E-state index is 12.7. The zero-order valence-electron chi connectivity index (χ0n) is 19.2. The molecule has 0 radical (unpaired) electrons. The molecule has 4 rings (SSSR count). The van der Waals surface area contributed by atoms with Gasteiger partial charge in [-0.2, -0.15) is 5.26 Å². The van der Waals surface area contributed by atoms with Gasteiger partial charge in [0.1, 0.15) is 23.1 Å². The van der Waals surface area contributed by atoms with Crippen molar-refractivity contribution >= 4 is 5.97 Å². The van der Waals surface area contributed by atoms with Crippen LogP contribution in [0.3, 0.4) is 0 Å². The number of carbonyl (C=O) groups excluding carboxylic acids is 1. The van der Waals surface area contributed by atoms with Crippen molar-refractivity contribution in [3.63, 3.8) is 0 Å². The van der Waals surface area contributed by atoms with E-state index in [9.17, 15) is 10.1 Å². The SMILES string of the molecule is Cc1ccc(C2C(C#N)=C(N)Oc3cc(OC(=O)c4ccc(C(C)(C)C)cc4)ccc32)cc1. The summed E-state index contributed by atoms with van der Waals surface area (Å²) in [6.07, 6.45) is 0. The average molecular weight is 439 g/mol. The Hall–Kier alpha value is -4.04. The van der Waals surface area contributed by atoms with Crippen LogP contribution in [-0.4, -0.2) is 5.97 Å². The van der Waals surface area contributed by atoms with E-state index in [0.29, 0.717) is 22.6 Å². The van der Waals surface area contributed by atoms with Crippen LogP contribution in [0.4, 0.5) is 0 Å². The second kappa shape index (κ2) is 8.48. The lowest BCUT2D eigenvalue weighted by atomic mass is 9.83. The number of allylic oxidation sites excluding steroid dienone is 1. The van der Waals surface area contributed by atoms with E-state index in [1.54, 1.807) is 24.3 Å². The van der Waals surface area contributed by atoms with Crippen LogP contribution in [0.2, 0.25) is 0 Å². The van der Waals surface area contributed by atoms with E-state index in [-0.39, 0.29) is 17.2 Å². The van der Waals surface area contributed by atoms with Gasteiger partial charge in [0.05, 0.1) is 11.5 Å². The van der Waals surface area contributed by atoms with Gasteiger partial charge in [0.15, 0.2) is 0 Å². The molecule has 33 heavy (non-hydrogen) atoms. The standard InChI is InChI=1S/C28H26N2O3/c1-17-5-7-18(8-6-17)25-22-14-13-21(15-24(22)33-26(30)23(25)16-29)32-27(31)19-9-11-20(12-10-19)28(2,3)4/h5-15,25H,30H2,1-4H3. The molecule has 2 N–H and O–H groups in total. The molecule has 0 saturated carbocycles. The van der Waals surface area contributed by atoms with Gasteiger partial charge in [0, 0.05) is 11.6 Å². The second-order valence-electron chi connectivity index (χ2n) is 9.25. The lowest BCUT2D eigenvalue weighted by molar-refractivity contribution is 0.0734. The van der Waals surface area contributed by atoms with Crippen LogP contribution < -0.4 is 15.2 Å². The van der Waals surface area contributed by atoms with Crippen molar-refractivity contribution in [1.29, 1.82) is 5.26 Å². The summed E-state index contributed by atoms with van der Waals surface area (Å²) in [5, 5.41) is 9.71. The lowest BCUT2D eigenvalue weighted by Gasteiger charge is -2.26. The zero-order valence-corrected chi connectivity index (χ0v) is 19.2. The second-order valence-corrected chi connectivity index (χ2v) is 9.25. The normalized spacial score (nSPS) is 15.3. The summed E-state index contributed by atoms with van der Waals surface area (Å²) in [6, 6.07) is 22.7. The van der Waals surface area contributed by atoms with Gasteiger partial charge in [-0.1, -0.05) is 68.8 Å². The predicted molar refractivity (Wildman–Crippen MR) is 127 cm³/mol. The fourth-order valence-corrected chi connectivity index (χ4v) is 3.87. The maximum atomic E-state index is 12.7. The molecule has 0 bridgehead atoms. The minimum atomic E-state index is -0.456. The Kier molecular flexibility index (Phi) is 5.69. The number of aryl methyl sites for hydroxylation is 1. The van der Waals surface area contributed by atoms with Gasteiger partial charge >= 0.3 is 5.97 Å². The third-order valence-electron chi connectivity index (χ3n) is 5.80. The van der Waals surface area contributed by atoms with Crippen molar-refractivity contribution in [3.05, 3.63) is 106 Å². The highest BCUT2D eigenvalue weighted by Gasteiger charge is 2.31. The lowest BCUT2D eigenvalue weighted by Crippen LogP contribution is -2.21. The van der Waals surface area contributed by atoms with Crippen LogP contribution in [0, 0.1) is 18.3 Å². The van der Waals surface area contributed by atoms with Crippen LogP contribution in [0.5, 0.6) is 11.5 Å². The maximum Gasteiger partial charge on any atom is 0.343 e. The Bertz CT molecular complexity index is 1270. The van der Waals surface area contributed by atoms with E-state index in [1.165, 1.54) is 0 Å². The van der Waals surface area contributed by atoms with E-state index in [1.807, 2.05) is 49.4 Å². The third kappa shape index (κ3) is 4.47. The first-order chi connectivity index (χ1) is 15.7. The number of nitriles is 1. The minimum Gasteiger partial charge on any atom is -0.440 e.